The molecule has 7 nitrogen and oxygen atoms in total. The van der Waals surface area contributed by atoms with Gasteiger partial charge in [-0.05, 0) is 18.4 Å². The molecule has 1 aliphatic heterocycles. The molecule has 0 bridgehead atoms. The summed E-state index contributed by atoms with van der Waals surface area (Å²) in [6, 6.07) is 8.05. The smallest absolute Gasteiger partial charge is 0.407 e. The van der Waals surface area contributed by atoms with Gasteiger partial charge in [-0.15, -0.1) is 0 Å². The zero-order valence-electron chi connectivity index (χ0n) is 13.4. The number of aliphatic hydroxyl groups excluding tert-OH is 1. The Labute approximate surface area is 135 Å². The van der Waals surface area contributed by atoms with Gasteiger partial charge in [0.15, 0.2) is 0 Å². The monoisotopic (exact) mass is 321 g/mol. The van der Waals surface area contributed by atoms with E-state index in [1.165, 1.54) is 7.11 Å². The number of benzene rings is 1. The first-order valence-electron chi connectivity index (χ1n) is 7.63. The summed E-state index contributed by atoms with van der Waals surface area (Å²) >= 11 is 0. The van der Waals surface area contributed by atoms with Gasteiger partial charge in [0.05, 0.1) is 19.2 Å². The fraction of sp³-hybridized carbons (Fsp3) is 0.500. The number of hydrogen-bond donors (Lipinski definition) is 3. The molecular formula is C16H23N3O4. The number of amides is 2. The van der Waals surface area contributed by atoms with Gasteiger partial charge in [-0.25, -0.2) is 4.79 Å². The molecule has 1 saturated heterocycles. The maximum absolute atomic E-state index is 12.0. The van der Waals surface area contributed by atoms with E-state index in [1.807, 2.05) is 30.3 Å². The first kappa shape index (κ1) is 17.2. The molecule has 1 heterocycles. The molecule has 1 aromatic carbocycles. The van der Waals surface area contributed by atoms with Crippen LogP contribution in [0.4, 0.5) is 4.79 Å². The first-order valence-corrected chi connectivity index (χ1v) is 7.63. The van der Waals surface area contributed by atoms with E-state index in [4.69, 9.17) is 0 Å². The van der Waals surface area contributed by atoms with Crippen LogP contribution in [0.3, 0.4) is 0 Å². The number of ether oxygens (including phenoxy) is 1. The Bertz CT molecular complexity index is 537. The number of nitrogens with one attached hydrogen (secondary N) is 2. The second-order valence-electron chi connectivity index (χ2n) is 5.45. The number of alkyl carbamates (subject to hydrolysis) is 1. The SMILES string of the molecule is CNC(=O)[C@@H]1CCCN1C(O)[C@@H](NC(=O)OC)c1ccccc1. The predicted molar refractivity (Wildman–Crippen MR) is 84.5 cm³/mol. The van der Waals surface area contributed by atoms with E-state index in [9.17, 15) is 14.7 Å². The van der Waals surface area contributed by atoms with Crippen LogP contribution in [-0.4, -0.2) is 55.0 Å². The minimum atomic E-state index is -1.03. The fourth-order valence-corrected chi connectivity index (χ4v) is 2.92. The van der Waals surface area contributed by atoms with Crippen LogP contribution in [-0.2, 0) is 9.53 Å². The van der Waals surface area contributed by atoms with Gasteiger partial charge < -0.3 is 20.5 Å². The highest BCUT2D eigenvalue weighted by molar-refractivity contribution is 5.81. The number of likely N-dealkylation sites (N-methyl/N-ethyl adjacent to an activating group) is 1. The largest absolute Gasteiger partial charge is 0.453 e. The highest BCUT2D eigenvalue weighted by atomic mass is 16.5. The van der Waals surface area contributed by atoms with Gasteiger partial charge in [0.2, 0.25) is 5.91 Å². The normalized spacial score (nSPS) is 20.6. The second kappa shape index (κ2) is 7.94. The zero-order chi connectivity index (χ0) is 16.8. The van der Waals surface area contributed by atoms with E-state index in [-0.39, 0.29) is 5.91 Å². The highest BCUT2D eigenvalue weighted by Crippen LogP contribution is 2.27. The number of hydrogen-bond acceptors (Lipinski definition) is 5. The Hall–Kier alpha value is -2.12. The lowest BCUT2D eigenvalue weighted by Gasteiger charge is -2.34. The van der Waals surface area contributed by atoms with Crippen LogP contribution < -0.4 is 10.6 Å². The van der Waals surface area contributed by atoms with E-state index < -0.39 is 24.4 Å². The Morgan fingerprint density at radius 1 is 1.35 bits per heavy atom. The summed E-state index contributed by atoms with van der Waals surface area (Å²) in [6.07, 6.45) is -0.166. The van der Waals surface area contributed by atoms with Crippen molar-refractivity contribution in [2.45, 2.75) is 31.2 Å². The molecule has 3 atom stereocenters. The maximum atomic E-state index is 12.0. The molecule has 0 spiro atoms. The summed E-state index contributed by atoms with van der Waals surface area (Å²) in [5, 5.41) is 16.1. The molecule has 3 N–H and O–H groups in total. The molecule has 0 saturated carbocycles. The van der Waals surface area contributed by atoms with Crippen molar-refractivity contribution in [2.75, 3.05) is 20.7 Å². The number of rotatable bonds is 5. The molecule has 1 fully saturated rings. The van der Waals surface area contributed by atoms with E-state index in [0.717, 1.165) is 12.0 Å². The molecule has 23 heavy (non-hydrogen) atoms. The summed E-state index contributed by atoms with van der Waals surface area (Å²) in [5.74, 6) is -0.133. The summed E-state index contributed by atoms with van der Waals surface area (Å²) < 4.78 is 4.65. The van der Waals surface area contributed by atoms with Gasteiger partial charge in [-0.1, -0.05) is 30.3 Å². The van der Waals surface area contributed by atoms with Crippen LogP contribution >= 0.6 is 0 Å². The standard InChI is InChI=1S/C16H23N3O4/c1-17-14(20)12-9-6-10-19(12)15(21)13(18-16(22)23-2)11-7-4-3-5-8-11/h3-5,7-8,12-13,15,21H,6,9-10H2,1-2H3,(H,17,20)(H,18,22)/t12-,13-,15?/m0/s1. The third kappa shape index (κ3) is 4.00. The summed E-state index contributed by atoms with van der Waals surface area (Å²) in [7, 11) is 2.85. The highest BCUT2D eigenvalue weighted by Gasteiger charge is 2.38. The topological polar surface area (TPSA) is 90.9 Å². The molecule has 1 unspecified atom stereocenters. The van der Waals surface area contributed by atoms with Crippen LogP contribution in [0.2, 0.25) is 0 Å². The average molecular weight is 321 g/mol. The third-order valence-corrected chi connectivity index (χ3v) is 4.10. The lowest BCUT2D eigenvalue weighted by Crippen LogP contribution is -2.52. The summed E-state index contributed by atoms with van der Waals surface area (Å²) in [4.78, 5) is 25.3. The van der Waals surface area contributed by atoms with Crippen molar-refractivity contribution in [2.24, 2.45) is 0 Å². The maximum Gasteiger partial charge on any atom is 0.407 e. The van der Waals surface area contributed by atoms with E-state index in [0.29, 0.717) is 13.0 Å². The van der Waals surface area contributed by atoms with Gasteiger partial charge in [-0.3, -0.25) is 9.69 Å². The lowest BCUT2D eigenvalue weighted by atomic mass is 10.0. The Morgan fingerprint density at radius 3 is 2.65 bits per heavy atom. The molecule has 7 heteroatoms. The van der Waals surface area contributed by atoms with Crippen molar-refractivity contribution >= 4 is 12.0 Å². The number of carbonyl (C=O) groups is 2. The van der Waals surface area contributed by atoms with Gasteiger partial charge in [0, 0.05) is 13.6 Å². The minimum absolute atomic E-state index is 0.133. The Kier molecular flexibility index (Phi) is 5.95. The van der Waals surface area contributed by atoms with Crippen molar-refractivity contribution in [1.29, 1.82) is 0 Å². The van der Waals surface area contributed by atoms with Gasteiger partial charge in [-0.2, -0.15) is 0 Å². The number of aliphatic hydroxyl groups is 1. The van der Waals surface area contributed by atoms with E-state index in [1.54, 1.807) is 11.9 Å². The first-order chi connectivity index (χ1) is 11.1. The van der Waals surface area contributed by atoms with Crippen molar-refractivity contribution < 1.29 is 19.4 Å². The fourth-order valence-electron chi connectivity index (χ4n) is 2.92. The van der Waals surface area contributed by atoms with Crippen molar-refractivity contribution in [1.82, 2.24) is 15.5 Å². The van der Waals surface area contributed by atoms with Gasteiger partial charge >= 0.3 is 6.09 Å². The number of nitrogens with zero attached hydrogens (tertiary/aromatic N) is 1. The van der Waals surface area contributed by atoms with E-state index >= 15 is 0 Å². The molecular weight excluding hydrogens is 298 g/mol. The molecule has 0 aliphatic carbocycles. The Morgan fingerprint density at radius 2 is 2.04 bits per heavy atom. The molecule has 126 valence electrons. The minimum Gasteiger partial charge on any atom is -0.453 e. The summed E-state index contributed by atoms with van der Waals surface area (Å²) in [6.45, 7) is 0.589. The number of carbonyl (C=O) groups excluding carboxylic acids is 2. The molecule has 1 aromatic rings. The van der Waals surface area contributed by atoms with Crippen LogP contribution in [0.1, 0.15) is 24.4 Å². The van der Waals surface area contributed by atoms with Crippen molar-refractivity contribution in [3.63, 3.8) is 0 Å². The second-order valence-corrected chi connectivity index (χ2v) is 5.45. The molecule has 2 amide bonds. The van der Waals surface area contributed by atoms with Gasteiger partial charge in [0.25, 0.3) is 0 Å². The van der Waals surface area contributed by atoms with Crippen molar-refractivity contribution in [3.05, 3.63) is 35.9 Å². The van der Waals surface area contributed by atoms with Crippen LogP contribution in [0.15, 0.2) is 30.3 Å². The van der Waals surface area contributed by atoms with Gasteiger partial charge in [0.1, 0.15) is 6.23 Å². The number of methoxy groups -OCH3 is 1. The third-order valence-electron chi connectivity index (χ3n) is 4.10. The number of likely N-dealkylation sites (tertiary alicyclic amines) is 1. The molecule has 0 aromatic heterocycles. The molecule has 2 rings (SSSR count). The Balaban J connectivity index is 2.23. The quantitative estimate of drug-likeness (QED) is 0.739. The predicted octanol–water partition coefficient (Wildman–Crippen LogP) is 0.612. The zero-order valence-corrected chi connectivity index (χ0v) is 13.4. The van der Waals surface area contributed by atoms with Crippen molar-refractivity contribution in [3.8, 4) is 0 Å². The molecule has 1 aliphatic rings. The van der Waals surface area contributed by atoms with Crippen LogP contribution in [0.5, 0.6) is 0 Å². The van der Waals surface area contributed by atoms with Crippen LogP contribution in [0.25, 0.3) is 0 Å². The van der Waals surface area contributed by atoms with E-state index in [2.05, 4.69) is 15.4 Å². The lowest BCUT2D eigenvalue weighted by molar-refractivity contribution is -0.130. The average Bonchev–Trinajstić information content (AvgIpc) is 3.08. The molecule has 0 radical (unpaired) electrons. The van der Waals surface area contributed by atoms with Crippen LogP contribution in [0, 0.1) is 0 Å². The summed E-state index contributed by atoms with van der Waals surface area (Å²) in [5.41, 5.74) is 0.743.